The highest BCUT2D eigenvalue weighted by Crippen LogP contribution is 2.16. The Morgan fingerprint density at radius 2 is 1.95 bits per heavy atom. The van der Waals surface area contributed by atoms with Gasteiger partial charge in [-0.2, -0.15) is 0 Å². The molecule has 0 aliphatic carbocycles. The average molecular weight is 271 g/mol. The minimum atomic E-state index is -0.0617. The maximum atomic E-state index is 11.7. The highest BCUT2D eigenvalue weighted by Gasteiger charge is 1.98. The topological polar surface area (TPSA) is 29.1 Å². The predicted molar refractivity (Wildman–Crippen MR) is 81.1 cm³/mol. The number of thiophene rings is 1. The van der Waals surface area contributed by atoms with Crippen molar-refractivity contribution < 1.29 is 4.79 Å². The van der Waals surface area contributed by atoms with Crippen LogP contribution >= 0.6 is 11.3 Å². The molecule has 0 saturated heterocycles. The molecule has 2 nitrogen and oxygen atoms in total. The van der Waals surface area contributed by atoms with Gasteiger partial charge in [0.05, 0.1) is 0 Å². The van der Waals surface area contributed by atoms with Crippen LogP contribution in [0, 0.1) is 13.8 Å². The molecule has 2 rings (SSSR count). The lowest BCUT2D eigenvalue weighted by molar-refractivity contribution is -0.116. The number of carbonyl (C=O) groups is 1. The average Bonchev–Trinajstić information content (AvgIpc) is 2.81. The molecule has 2 aromatic rings. The SMILES string of the molecule is Cc1ccc(CNC(=O)/C=C/c2sccc2C)cc1. The fourth-order valence-corrected chi connectivity index (χ4v) is 2.48. The molecule has 1 N–H and O–H groups in total. The van der Waals surface area contributed by atoms with Crippen LogP contribution in [0.2, 0.25) is 0 Å². The lowest BCUT2D eigenvalue weighted by Crippen LogP contribution is -2.20. The van der Waals surface area contributed by atoms with E-state index in [-0.39, 0.29) is 5.91 Å². The van der Waals surface area contributed by atoms with E-state index in [4.69, 9.17) is 0 Å². The number of carbonyl (C=O) groups excluding carboxylic acids is 1. The minimum Gasteiger partial charge on any atom is -0.348 e. The van der Waals surface area contributed by atoms with Gasteiger partial charge in [0.15, 0.2) is 0 Å². The summed E-state index contributed by atoms with van der Waals surface area (Å²) in [6.45, 7) is 4.65. The highest BCUT2D eigenvalue weighted by atomic mass is 32.1. The first-order valence-electron chi connectivity index (χ1n) is 6.21. The summed E-state index contributed by atoms with van der Waals surface area (Å²) >= 11 is 1.64. The first-order valence-corrected chi connectivity index (χ1v) is 7.08. The van der Waals surface area contributed by atoms with E-state index < -0.39 is 0 Å². The van der Waals surface area contributed by atoms with Crippen LogP contribution in [0.4, 0.5) is 0 Å². The van der Waals surface area contributed by atoms with Crippen LogP contribution in [0.25, 0.3) is 6.08 Å². The van der Waals surface area contributed by atoms with Gasteiger partial charge in [-0.1, -0.05) is 29.8 Å². The van der Waals surface area contributed by atoms with Crippen molar-refractivity contribution in [3.8, 4) is 0 Å². The number of amides is 1. The number of aryl methyl sites for hydroxylation is 2. The molecule has 0 spiro atoms. The molecule has 1 aromatic heterocycles. The van der Waals surface area contributed by atoms with Gasteiger partial charge in [-0.3, -0.25) is 4.79 Å². The minimum absolute atomic E-state index is 0.0617. The van der Waals surface area contributed by atoms with Gasteiger partial charge in [-0.05, 0) is 42.5 Å². The summed E-state index contributed by atoms with van der Waals surface area (Å²) in [5, 5.41) is 4.91. The van der Waals surface area contributed by atoms with Gasteiger partial charge < -0.3 is 5.32 Å². The van der Waals surface area contributed by atoms with Gasteiger partial charge in [-0.15, -0.1) is 11.3 Å². The van der Waals surface area contributed by atoms with Gasteiger partial charge in [0, 0.05) is 17.5 Å². The third-order valence-corrected chi connectivity index (χ3v) is 3.86. The second-order valence-corrected chi connectivity index (χ2v) is 5.45. The van der Waals surface area contributed by atoms with Gasteiger partial charge >= 0.3 is 0 Å². The highest BCUT2D eigenvalue weighted by molar-refractivity contribution is 7.11. The molecule has 0 bridgehead atoms. The van der Waals surface area contributed by atoms with Gasteiger partial charge in [0.25, 0.3) is 0 Å². The molecule has 1 aromatic carbocycles. The van der Waals surface area contributed by atoms with Crippen molar-refractivity contribution in [3.05, 3.63) is 63.4 Å². The van der Waals surface area contributed by atoms with Crippen LogP contribution in [-0.4, -0.2) is 5.91 Å². The molecule has 0 fully saturated rings. The second kappa shape index (κ2) is 6.34. The fraction of sp³-hybridized carbons (Fsp3) is 0.188. The third kappa shape index (κ3) is 4.07. The largest absolute Gasteiger partial charge is 0.348 e. The summed E-state index contributed by atoms with van der Waals surface area (Å²) in [4.78, 5) is 12.8. The van der Waals surface area contributed by atoms with E-state index in [1.54, 1.807) is 17.4 Å². The fourth-order valence-electron chi connectivity index (χ4n) is 1.66. The molecule has 0 atom stereocenters. The smallest absolute Gasteiger partial charge is 0.244 e. The third-order valence-electron chi connectivity index (χ3n) is 2.88. The van der Waals surface area contributed by atoms with E-state index in [9.17, 15) is 4.79 Å². The molecule has 0 aliphatic heterocycles. The van der Waals surface area contributed by atoms with Crippen LogP contribution in [0.15, 0.2) is 41.8 Å². The number of rotatable bonds is 4. The molecule has 19 heavy (non-hydrogen) atoms. The van der Waals surface area contributed by atoms with Crippen molar-refractivity contribution in [2.75, 3.05) is 0 Å². The lowest BCUT2D eigenvalue weighted by atomic mass is 10.1. The Balaban J connectivity index is 1.86. The molecule has 1 heterocycles. The zero-order chi connectivity index (χ0) is 13.7. The van der Waals surface area contributed by atoms with E-state index in [0.717, 1.165) is 10.4 Å². The summed E-state index contributed by atoms with van der Waals surface area (Å²) in [7, 11) is 0. The Labute approximate surface area is 117 Å². The molecule has 0 radical (unpaired) electrons. The zero-order valence-corrected chi connectivity index (χ0v) is 12.0. The summed E-state index contributed by atoms with van der Waals surface area (Å²) in [5.41, 5.74) is 3.54. The van der Waals surface area contributed by atoms with Crippen LogP contribution in [0.5, 0.6) is 0 Å². The zero-order valence-electron chi connectivity index (χ0n) is 11.1. The molecular weight excluding hydrogens is 254 g/mol. The Morgan fingerprint density at radius 3 is 2.58 bits per heavy atom. The van der Waals surface area contributed by atoms with Gasteiger partial charge in [0.2, 0.25) is 5.91 Å². The first kappa shape index (κ1) is 13.6. The number of hydrogen-bond acceptors (Lipinski definition) is 2. The molecule has 0 saturated carbocycles. The summed E-state index contributed by atoms with van der Waals surface area (Å²) in [6, 6.07) is 10.2. The van der Waals surface area contributed by atoms with Crippen molar-refractivity contribution in [2.24, 2.45) is 0 Å². The van der Waals surface area contributed by atoms with E-state index in [1.165, 1.54) is 11.1 Å². The molecule has 0 aliphatic rings. The number of hydrogen-bond donors (Lipinski definition) is 1. The van der Waals surface area contributed by atoms with Crippen LogP contribution in [0.1, 0.15) is 21.6 Å². The maximum absolute atomic E-state index is 11.7. The van der Waals surface area contributed by atoms with Crippen LogP contribution in [0.3, 0.4) is 0 Å². The van der Waals surface area contributed by atoms with Crippen molar-refractivity contribution >= 4 is 23.3 Å². The standard InChI is InChI=1S/C16H17NOS/c1-12-3-5-14(6-4-12)11-17-16(18)8-7-15-13(2)9-10-19-15/h3-10H,11H2,1-2H3,(H,17,18)/b8-7+. The molecule has 3 heteroatoms. The van der Waals surface area contributed by atoms with Crippen LogP contribution in [-0.2, 0) is 11.3 Å². The Bertz CT molecular complexity index is 581. The summed E-state index contributed by atoms with van der Waals surface area (Å²) in [6.07, 6.45) is 3.46. The Morgan fingerprint density at radius 1 is 1.21 bits per heavy atom. The molecule has 0 unspecified atom stereocenters. The summed E-state index contributed by atoms with van der Waals surface area (Å²) in [5.74, 6) is -0.0617. The van der Waals surface area contributed by atoms with E-state index in [2.05, 4.69) is 18.3 Å². The van der Waals surface area contributed by atoms with Crippen LogP contribution < -0.4 is 5.32 Å². The first-order chi connectivity index (χ1) is 9.15. The van der Waals surface area contributed by atoms with Gasteiger partial charge in [0.1, 0.15) is 0 Å². The molecule has 98 valence electrons. The molecule has 1 amide bonds. The van der Waals surface area contributed by atoms with E-state index in [1.807, 2.05) is 42.6 Å². The van der Waals surface area contributed by atoms with Gasteiger partial charge in [-0.25, -0.2) is 0 Å². The van der Waals surface area contributed by atoms with Crippen molar-refractivity contribution in [1.29, 1.82) is 0 Å². The summed E-state index contributed by atoms with van der Waals surface area (Å²) < 4.78 is 0. The van der Waals surface area contributed by atoms with E-state index >= 15 is 0 Å². The lowest BCUT2D eigenvalue weighted by Gasteiger charge is -2.02. The maximum Gasteiger partial charge on any atom is 0.244 e. The Hall–Kier alpha value is -1.87. The predicted octanol–water partition coefficient (Wildman–Crippen LogP) is 3.69. The number of nitrogens with one attached hydrogen (secondary N) is 1. The molecular formula is C16H17NOS. The van der Waals surface area contributed by atoms with E-state index in [0.29, 0.717) is 6.54 Å². The number of benzene rings is 1. The monoisotopic (exact) mass is 271 g/mol. The van der Waals surface area contributed by atoms with Crippen molar-refractivity contribution in [1.82, 2.24) is 5.32 Å². The Kier molecular flexibility index (Phi) is 4.53. The quantitative estimate of drug-likeness (QED) is 0.844. The van der Waals surface area contributed by atoms with Crippen molar-refractivity contribution in [2.45, 2.75) is 20.4 Å². The van der Waals surface area contributed by atoms with Crippen molar-refractivity contribution in [3.63, 3.8) is 0 Å². The normalized spacial score (nSPS) is 10.8. The second-order valence-electron chi connectivity index (χ2n) is 4.50.